The number of amides is 3. The highest BCUT2D eigenvalue weighted by Crippen LogP contribution is 2.46. The number of para-hydroxylation sites is 2. The molecular weight excluding hydrogens is 659 g/mol. The van der Waals surface area contributed by atoms with Crippen LogP contribution in [0.4, 0.5) is 16.2 Å². The Bertz CT molecular complexity index is 1640. The van der Waals surface area contributed by atoms with E-state index in [1.807, 2.05) is 53.9 Å². The molecule has 0 spiro atoms. The Labute approximate surface area is 297 Å². The van der Waals surface area contributed by atoms with Crippen molar-refractivity contribution in [2.24, 2.45) is 10.9 Å². The van der Waals surface area contributed by atoms with E-state index in [9.17, 15) is 19.2 Å². The minimum atomic E-state index is -1.20. The van der Waals surface area contributed by atoms with Gasteiger partial charge in [0, 0.05) is 18.9 Å². The van der Waals surface area contributed by atoms with Gasteiger partial charge in [-0.1, -0.05) is 43.2 Å². The SMILES string of the molecule is CCOC(=O)[C@@]12C[C@H]1/C=C\CCCCC[C@H](NC(=O)OC(C)(C)C)C(=O)N1CC(OC3Nc4ccccc4N=C3c3cccs3)C[C@H]1C(=O)N2. The van der Waals surface area contributed by atoms with Crippen molar-refractivity contribution in [3.05, 3.63) is 58.8 Å². The lowest BCUT2D eigenvalue weighted by molar-refractivity contribution is -0.150. The number of carbonyl (C=O) groups is 4. The Hall–Kier alpha value is -4.23. The lowest BCUT2D eigenvalue weighted by Gasteiger charge is -2.30. The summed E-state index contributed by atoms with van der Waals surface area (Å²) in [6, 6.07) is 9.75. The first-order valence-electron chi connectivity index (χ1n) is 17.6. The zero-order valence-corrected chi connectivity index (χ0v) is 29.9. The van der Waals surface area contributed by atoms with Gasteiger partial charge in [0.2, 0.25) is 11.8 Å². The van der Waals surface area contributed by atoms with E-state index in [-0.39, 0.29) is 25.5 Å². The summed E-state index contributed by atoms with van der Waals surface area (Å²) in [5, 5.41) is 11.2. The van der Waals surface area contributed by atoms with Gasteiger partial charge in [-0.25, -0.2) is 14.6 Å². The standard InChI is InChI=1S/C37H47N5O7S/c1-5-47-34(45)37-21-23(37)14-9-7-6-8-10-17-27(40-35(46)49-36(2,3)4)33(44)42-22-24(20-28(42)31(43)41-37)48-32-30(29-18-13-19-50-29)38-25-15-11-12-16-26(25)39-32/h9,11-16,18-19,23-24,27-28,32,39H,5-8,10,17,20-22H2,1-4H3,(H,40,46)(H,41,43)/b14-9-/t23-,24?,27+,28+,32?,37-/m1/s1. The molecule has 6 atom stereocenters. The van der Waals surface area contributed by atoms with Gasteiger partial charge < -0.3 is 35.1 Å². The van der Waals surface area contributed by atoms with Crippen LogP contribution < -0.4 is 16.0 Å². The molecule has 1 saturated heterocycles. The van der Waals surface area contributed by atoms with E-state index in [4.69, 9.17) is 19.2 Å². The number of ether oxygens (including phenoxy) is 3. The van der Waals surface area contributed by atoms with Gasteiger partial charge in [-0.05, 0) is 77.0 Å². The van der Waals surface area contributed by atoms with Crippen molar-refractivity contribution in [1.82, 2.24) is 15.5 Å². The van der Waals surface area contributed by atoms with Crippen molar-refractivity contribution in [2.75, 3.05) is 18.5 Å². The van der Waals surface area contributed by atoms with E-state index in [2.05, 4.69) is 16.0 Å². The fraction of sp³-hybridized carbons (Fsp3) is 0.541. The number of carbonyl (C=O) groups excluding carboxylic acids is 4. The number of thiophene rings is 1. The molecule has 4 aliphatic rings. The number of aliphatic imine (C=N–C) groups is 1. The third-order valence-electron chi connectivity index (χ3n) is 9.35. The zero-order valence-electron chi connectivity index (χ0n) is 29.1. The fourth-order valence-electron chi connectivity index (χ4n) is 6.85. The first-order valence-corrected chi connectivity index (χ1v) is 18.4. The monoisotopic (exact) mass is 705 g/mol. The lowest BCUT2D eigenvalue weighted by atomic mass is 10.0. The summed E-state index contributed by atoms with van der Waals surface area (Å²) in [5.41, 5.74) is 0.351. The van der Waals surface area contributed by atoms with E-state index in [1.54, 1.807) is 39.0 Å². The Morgan fingerprint density at radius 3 is 2.70 bits per heavy atom. The van der Waals surface area contributed by atoms with Crippen LogP contribution in [0.1, 0.15) is 77.5 Å². The molecule has 6 rings (SSSR count). The molecule has 0 radical (unpaired) electrons. The molecule has 12 nitrogen and oxygen atoms in total. The van der Waals surface area contributed by atoms with E-state index in [1.165, 1.54) is 4.90 Å². The molecule has 0 bridgehead atoms. The highest BCUT2D eigenvalue weighted by molar-refractivity contribution is 7.12. The second-order valence-corrected chi connectivity index (χ2v) is 15.2. The fourth-order valence-corrected chi connectivity index (χ4v) is 7.58. The van der Waals surface area contributed by atoms with Crippen molar-refractivity contribution in [1.29, 1.82) is 0 Å². The van der Waals surface area contributed by atoms with Gasteiger partial charge >= 0.3 is 12.1 Å². The summed E-state index contributed by atoms with van der Waals surface area (Å²) in [6.07, 6.45) is 6.29. The van der Waals surface area contributed by atoms with Crippen LogP contribution in [0.3, 0.4) is 0 Å². The number of allylic oxidation sites excluding steroid dienone is 1. The van der Waals surface area contributed by atoms with Gasteiger partial charge in [-0.2, -0.15) is 0 Å². The van der Waals surface area contributed by atoms with Crippen LogP contribution in [0.25, 0.3) is 0 Å². The molecule has 50 heavy (non-hydrogen) atoms. The van der Waals surface area contributed by atoms with Crippen LogP contribution >= 0.6 is 11.3 Å². The summed E-state index contributed by atoms with van der Waals surface area (Å²) < 4.78 is 17.6. The molecular formula is C37H47N5O7S. The predicted molar refractivity (Wildman–Crippen MR) is 190 cm³/mol. The van der Waals surface area contributed by atoms with Crippen molar-refractivity contribution in [3.63, 3.8) is 0 Å². The summed E-state index contributed by atoms with van der Waals surface area (Å²) in [5.74, 6) is -1.55. The molecule has 1 aromatic carbocycles. The lowest BCUT2D eigenvalue weighted by Crippen LogP contribution is -2.56. The number of rotatable bonds is 6. The first kappa shape index (κ1) is 35.6. The van der Waals surface area contributed by atoms with Crippen LogP contribution in [-0.2, 0) is 28.6 Å². The number of benzene rings is 1. The van der Waals surface area contributed by atoms with Gasteiger partial charge in [0.15, 0.2) is 6.23 Å². The molecule has 1 aliphatic carbocycles. The molecule has 268 valence electrons. The Morgan fingerprint density at radius 2 is 1.94 bits per heavy atom. The normalized spacial score (nSPS) is 29.0. The summed E-state index contributed by atoms with van der Waals surface area (Å²) in [6.45, 7) is 7.29. The number of anilines is 1. The van der Waals surface area contributed by atoms with Crippen LogP contribution in [0, 0.1) is 5.92 Å². The number of nitrogens with one attached hydrogen (secondary N) is 3. The van der Waals surface area contributed by atoms with Crippen LogP contribution in [0.15, 0.2) is 58.9 Å². The van der Waals surface area contributed by atoms with E-state index in [0.717, 1.165) is 35.5 Å². The molecule has 3 amide bonds. The number of fused-ring (bicyclic) bond motifs is 3. The average molecular weight is 706 g/mol. The molecule has 2 unspecified atom stereocenters. The highest BCUT2D eigenvalue weighted by atomic mass is 32.1. The van der Waals surface area contributed by atoms with Gasteiger partial charge in [0.1, 0.15) is 28.9 Å². The van der Waals surface area contributed by atoms with Crippen LogP contribution in [0.5, 0.6) is 0 Å². The third kappa shape index (κ3) is 8.04. The number of alkyl carbamates (subject to hydrolysis) is 1. The third-order valence-corrected chi connectivity index (χ3v) is 10.2. The maximum atomic E-state index is 14.5. The van der Waals surface area contributed by atoms with Gasteiger partial charge in [-0.3, -0.25) is 9.59 Å². The summed E-state index contributed by atoms with van der Waals surface area (Å²) in [7, 11) is 0. The number of hydrogen-bond donors (Lipinski definition) is 3. The van der Waals surface area contributed by atoms with Crippen LogP contribution in [-0.4, -0.2) is 83.2 Å². The van der Waals surface area contributed by atoms with Gasteiger partial charge in [-0.15, -0.1) is 11.3 Å². The summed E-state index contributed by atoms with van der Waals surface area (Å²) in [4.78, 5) is 62.3. The second-order valence-electron chi connectivity index (χ2n) is 14.3. The number of hydrogen-bond acceptors (Lipinski definition) is 10. The summed E-state index contributed by atoms with van der Waals surface area (Å²) >= 11 is 1.55. The second kappa shape index (κ2) is 14.9. The van der Waals surface area contributed by atoms with Gasteiger partial charge in [0.25, 0.3) is 0 Å². The molecule has 1 aromatic heterocycles. The van der Waals surface area contributed by atoms with E-state index in [0.29, 0.717) is 25.0 Å². The van der Waals surface area contributed by atoms with Crippen LogP contribution in [0.2, 0.25) is 0 Å². The van der Waals surface area contributed by atoms with Crippen molar-refractivity contribution >= 4 is 52.3 Å². The molecule has 3 N–H and O–H groups in total. The Kier molecular flexibility index (Phi) is 10.6. The Balaban J connectivity index is 1.30. The molecule has 2 fully saturated rings. The number of nitrogens with zero attached hydrogens (tertiary/aromatic N) is 2. The smallest absolute Gasteiger partial charge is 0.408 e. The van der Waals surface area contributed by atoms with E-state index >= 15 is 0 Å². The quantitative estimate of drug-likeness (QED) is 0.265. The Morgan fingerprint density at radius 1 is 1.12 bits per heavy atom. The minimum absolute atomic E-state index is 0.0940. The zero-order chi connectivity index (χ0) is 35.5. The van der Waals surface area contributed by atoms with E-state index < -0.39 is 59.4 Å². The molecule has 2 aromatic rings. The maximum Gasteiger partial charge on any atom is 0.408 e. The molecule has 13 heteroatoms. The largest absolute Gasteiger partial charge is 0.464 e. The molecule has 4 heterocycles. The predicted octanol–water partition coefficient (Wildman–Crippen LogP) is 5.46. The van der Waals surface area contributed by atoms with Crippen molar-refractivity contribution in [3.8, 4) is 0 Å². The highest BCUT2D eigenvalue weighted by Gasteiger charge is 2.62. The topological polar surface area (TPSA) is 148 Å². The van der Waals surface area contributed by atoms with Crippen molar-refractivity contribution < 1.29 is 33.4 Å². The average Bonchev–Trinajstić information content (AvgIpc) is 3.38. The minimum Gasteiger partial charge on any atom is -0.464 e. The first-order chi connectivity index (χ1) is 24.0. The number of esters is 1. The van der Waals surface area contributed by atoms with Gasteiger partial charge in [0.05, 0.1) is 29.0 Å². The molecule has 3 aliphatic heterocycles. The maximum absolute atomic E-state index is 14.5. The molecule has 1 saturated carbocycles. The van der Waals surface area contributed by atoms with Crippen molar-refractivity contribution in [2.45, 2.75) is 108 Å².